The summed E-state index contributed by atoms with van der Waals surface area (Å²) in [7, 11) is 0. The highest BCUT2D eigenvalue weighted by Crippen LogP contribution is 2.22. The fraction of sp³-hybridized carbons (Fsp3) is 1.00. The third kappa shape index (κ3) is 4.92. The van der Waals surface area contributed by atoms with E-state index < -0.39 is 0 Å². The molecule has 0 aromatic carbocycles. The maximum atomic E-state index is 3.64. The van der Waals surface area contributed by atoms with E-state index in [0.29, 0.717) is 6.04 Å². The van der Waals surface area contributed by atoms with Gasteiger partial charge in [0.25, 0.3) is 0 Å². The molecule has 1 heterocycles. The highest BCUT2D eigenvalue weighted by Gasteiger charge is 2.15. The quantitative estimate of drug-likeness (QED) is 0.734. The summed E-state index contributed by atoms with van der Waals surface area (Å²) in [5.41, 5.74) is 0. The van der Waals surface area contributed by atoms with Gasteiger partial charge in [0.15, 0.2) is 0 Å². The van der Waals surface area contributed by atoms with E-state index in [1.165, 1.54) is 30.9 Å². The Labute approximate surface area is 87.1 Å². The van der Waals surface area contributed by atoms with Gasteiger partial charge in [-0.05, 0) is 49.7 Å². The van der Waals surface area contributed by atoms with Crippen molar-refractivity contribution in [1.29, 1.82) is 0 Å². The maximum Gasteiger partial charge on any atom is 0.00412 e. The molecular weight excluding hydrogens is 178 g/mol. The van der Waals surface area contributed by atoms with Crippen LogP contribution in [0.1, 0.15) is 33.6 Å². The van der Waals surface area contributed by atoms with Crippen molar-refractivity contribution < 1.29 is 0 Å². The van der Waals surface area contributed by atoms with Crippen molar-refractivity contribution in [2.24, 2.45) is 11.8 Å². The normalized spacial score (nSPS) is 25.4. The number of hydrogen-bond acceptors (Lipinski definition) is 2. The van der Waals surface area contributed by atoms with Gasteiger partial charge in [-0.1, -0.05) is 13.8 Å². The molecular formula is C11H23NS. The third-order valence-electron chi connectivity index (χ3n) is 2.60. The first-order chi connectivity index (χ1) is 6.18. The lowest BCUT2D eigenvalue weighted by Crippen LogP contribution is -2.32. The van der Waals surface area contributed by atoms with Crippen molar-refractivity contribution in [3.8, 4) is 0 Å². The van der Waals surface area contributed by atoms with Gasteiger partial charge in [0.1, 0.15) is 0 Å². The number of hydrogen-bond donors (Lipinski definition) is 1. The van der Waals surface area contributed by atoms with E-state index in [-0.39, 0.29) is 0 Å². The first-order valence-corrected chi connectivity index (χ1v) is 6.65. The second-order valence-corrected chi connectivity index (χ2v) is 5.82. The fourth-order valence-electron chi connectivity index (χ4n) is 1.90. The highest BCUT2D eigenvalue weighted by atomic mass is 32.2. The van der Waals surface area contributed by atoms with Gasteiger partial charge in [0.05, 0.1) is 0 Å². The zero-order valence-corrected chi connectivity index (χ0v) is 9.99. The molecule has 1 aliphatic heterocycles. The Morgan fingerprint density at radius 3 is 2.69 bits per heavy atom. The average molecular weight is 201 g/mol. The molecule has 2 heteroatoms. The Morgan fingerprint density at radius 1 is 1.38 bits per heavy atom. The minimum Gasteiger partial charge on any atom is -0.314 e. The Kier molecular flexibility index (Phi) is 5.18. The van der Waals surface area contributed by atoms with E-state index in [1.54, 1.807) is 0 Å². The smallest absolute Gasteiger partial charge is 0.00412 e. The third-order valence-corrected chi connectivity index (χ3v) is 3.84. The van der Waals surface area contributed by atoms with Gasteiger partial charge in [0, 0.05) is 6.04 Å². The zero-order chi connectivity index (χ0) is 9.68. The van der Waals surface area contributed by atoms with Gasteiger partial charge in [-0.2, -0.15) is 11.8 Å². The van der Waals surface area contributed by atoms with Crippen molar-refractivity contribution in [1.82, 2.24) is 5.32 Å². The Hall–Kier alpha value is 0.310. The van der Waals surface area contributed by atoms with Crippen LogP contribution in [0.2, 0.25) is 0 Å². The lowest BCUT2D eigenvalue weighted by molar-refractivity contribution is 0.410. The number of rotatable bonds is 5. The van der Waals surface area contributed by atoms with Crippen LogP contribution < -0.4 is 5.32 Å². The molecule has 1 fully saturated rings. The molecule has 1 aliphatic rings. The summed E-state index contributed by atoms with van der Waals surface area (Å²) in [4.78, 5) is 0. The van der Waals surface area contributed by atoms with Crippen LogP contribution in [0.5, 0.6) is 0 Å². The van der Waals surface area contributed by atoms with Crippen LogP contribution in [0, 0.1) is 11.8 Å². The van der Waals surface area contributed by atoms with Gasteiger partial charge in [-0.25, -0.2) is 0 Å². The van der Waals surface area contributed by atoms with Gasteiger partial charge < -0.3 is 5.32 Å². The van der Waals surface area contributed by atoms with Crippen molar-refractivity contribution in [2.75, 3.05) is 18.1 Å². The molecule has 0 spiro atoms. The summed E-state index contributed by atoms with van der Waals surface area (Å²) in [6.07, 6.45) is 2.73. The van der Waals surface area contributed by atoms with Crippen molar-refractivity contribution in [3.05, 3.63) is 0 Å². The van der Waals surface area contributed by atoms with Crippen molar-refractivity contribution >= 4 is 11.8 Å². The van der Waals surface area contributed by atoms with Crippen LogP contribution in [-0.4, -0.2) is 24.1 Å². The Bertz CT molecular complexity index is 130. The molecule has 0 radical (unpaired) electrons. The predicted octanol–water partition coefficient (Wildman–Crippen LogP) is 2.76. The summed E-state index contributed by atoms with van der Waals surface area (Å²) < 4.78 is 0. The van der Waals surface area contributed by atoms with E-state index in [2.05, 4.69) is 37.8 Å². The topological polar surface area (TPSA) is 12.0 Å². The molecule has 0 aliphatic carbocycles. The molecule has 0 saturated carbocycles. The van der Waals surface area contributed by atoms with Gasteiger partial charge in [0.2, 0.25) is 0 Å². The Morgan fingerprint density at radius 2 is 2.15 bits per heavy atom. The van der Waals surface area contributed by atoms with E-state index in [4.69, 9.17) is 0 Å². The van der Waals surface area contributed by atoms with Gasteiger partial charge in [-0.15, -0.1) is 0 Å². The first-order valence-electron chi connectivity index (χ1n) is 5.49. The largest absolute Gasteiger partial charge is 0.314 e. The first kappa shape index (κ1) is 11.4. The second kappa shape index (κ2) is 5.92. The molecule has 78 valence electrons. The molecule has 1 nitrogen and oxygen atoms in total. The molecule has 0 aromatic rings. The zero-order valence-electron chi connectivity index (χ0n) is 9.18. The maximum absolute atomic E-state index is 3.64. The molecule has 0 bridgehead atoms. The van der Waals surface area contributed by atoms with Gasteiger partial charge >= 0.3 is 0 Å². The average Bonchev–Trinajstić information content (AvgIpc) is 2.51. The van der Waals surface area contributed by atoms with Crippen LogP contribution >= 0.6 is 11.8 Å². The molecule has 2 atom stereocenters. The molecule has 1 saturated heterocycles. The lowest BCUT2D eigenvalue weighted by atomic mass is 10.0. The highest BCUT2D eigenvalue weighted by molar-refractivity contribution is 7.99. The van der Waals surface area contributed by atoms with E-state index >= 15 is 0 Å². The van der Waals surface area contributed by atoms with Crippen molar-refractivity contribution in [2.45, 2.75) is 39.7 Å². The van der Waals surface area contributed by atoms with E-state index in [1.807, 2.05) is 0 Å². The summed E-state index contributed by atoms with van der Waals surface area (Å²) in [6, 6.07) is 0.700. The van der Waals surface area contributed by atoms with Crippen LogP contribution in [0.15, 0.2) is 0 Å². The minimum absolute atomic E-state index is 0.700. The minimum atomic E-state index is 0.700. The summed E-state index contributed by atoms with van der Waals surface area (Å²) in [5, 5.41) is 3.64. The van der Waals surface area contributed by atoms with E-state index in [0.717, 1.165) is 11.8 Å². The summed E-state index contributed by atoms with van der Waals surface area (Å²) in [5.74, 6) is 4.52. The fourth-order valence-corrected chi connectivity index (χ4v) is 3.19. The van der Waals surface area contributed by atoms with Crippen LogP contribution in [0.25, 0.3) is 0 Å². The predicted molar refractivity (Wildman–Crippen MR) is 62.4 cm³/mol. The second-order valence-electron chi connectivity index (χ2n) is 4.67. The molecule has 0 aromatic heterocycles. The summed E-state index contributed by atoms with van der Waals surface area (Å²) >= 11 is 2.11. The molecule has 1 rings (SSSR count). The SMILES string of the molecule is CC(C)CC(C)NCC1CCSC1. The van der Waals surface area contributed by atoms with Gasteiger partial charge in [-0.3, -0.25) is 0 Å². The number of thioether (sulfide) groups is 1. The van der Waals surface area contributed by atoms with Crippen LogP contribution in [0.4, 0.5) is 0 Å². The van der Waals surface area contributed by atoms with Crippen LogP contribution in [-0.2, 0) is 0 Å². The standard InChI is InChI=1S/C11H23NS/c1-9(2)6-10(3)12-7-11-4-5-13-8-11/h9-12H,4-8H2,1-3H3. The Balaban J connectivity index is 2.03. The van der Waals surface area contributed by atoms with Crippen molar-refractivity contribution in [3.63, 3.8) is 0 Å². The molecule has 1 N–H and O–H groups in total. The molecule has 2 unspecified atom stereocenters. The molecule has 0 amide bonds. The number of nitrogens with one attached hydrogen (secondary N) is 1. The van der Waals surface area contributed by atoms with E-state index in [9.17, 15) is 0 Å². The lowest BCUT2D eigenvalue weighted by Gasteiger charge is -2.18. The monoisotopic (exact) mass is 201 g/mol. The van der Waals surface area contributed by atoms with Crippen LogP contribution in [0.3, 0.4) is 0 Å². The molecule has 13 heavy (non-hydrogen) atoms. The summed E-state index contributed by atoms with van der Waals surface area (Å²) in [6.45, 7) is 8.14.